The third kappa shape index (κ3) is 3.59. The summed E-state index contributed by atoms with van der Waals surface area (Å²) in [6.45, 7) is 0. The summed E-state index contributed by atoms with van der Waals surface area (Å²) < 4.78 is 16.4. The van der Waals surface area contributed by atoms with E-state index in [-0.39, 0.29) is 5.84 Å². The first-order valence-corrected chi connectivity index (χ1v) is 9.47. The van der Waals surface area contributed by atoms with Crippen molar-refractivity contribution in [1.82, 2.24) is 9.97 Å². The molecule has 0 spiro atoms. The molecule has 0 amide bonds. The second-order valence-electron chi connectivity index (χ2n) is 6.77. The van der Waals surface area contributed by atoms with Gasteiger partial charge >= 0.3 is 0 Å². The number of hydrogen-bond acceptors (Lipinski definition) is 6. The highest BCUT2D eigenvalue weighted by atomic mass is 16.5. The second-order valence-corrected chi connectivity index (χ2v) is 6.77. The summed E-state index contributed by atoms with van der Waals surface area (Å²) in [7, 11) is 4.74. The van der Waals surface area contributed by atoms with E-state index in [1.807, 2.05) is 48.5 Å². The predicted molar refractivity (Wildman–Crippen MR) is 119 cm³/mol. The van der Waals surface area contributed by atoms with E-state index in [0.29, 0.717) is 28.6 Å². The molecule has 1 heterocycles. The average Bonchev–Trinajstić information content (AvgIpc) is 3.27. The number of ether oxygens (including phenoxy) is 3. The maximum absolute atomic E-state index is 8.96. The summed E-state index contributed by atoms with van der Waals surface area (Å²) in [6, 6.07) is 17.0. The van der Waals surface area contributed by atoms with Gasteiger partial charge in [-0.1, -0.05) is 35.5 Å². The molecule has 0 aliphatic carbocycles. The van der Waals surface area contributed by atoms with Crippen LogP contribution in [-0.4, -0.2) is 42.3 Å². The lowest BCUT2D eigenvalue weighted by Gasteiger charge is -2.14. The van der Waals surface area contributed by atoms with Gasteiger partial charge in [0.1, 0.15) is 5.82 Å². The molecule has 0 atom stereocenters. The zero-order valence-electron chi connectivity index (χ0n) is 17.3. The van der Waals surface area contributed by atoms with Crippen LogP contribution in [0.1, 0.15) is 5.56 Å². The van der Waals surface area contributed by atoms with Crippen molar-refractivity contribution in [3.8, 4) is 39.8 Å². The Morgan fingerprint density at radius 1 is 0.935 bits per heavy atom. The van der Waals surface area contributed by atoms with Gasteiger partial charge in [0, 0.05) is 16.7 Å². The number of nitrogens with two attached hydrogens (primary N) is 1. The van der Waals surface area contributed by atoms with Crippen molar-refractivity contribution in [3.63, 3.8) is 0 Å². The summed E-state index contributed by atoms with van der Waals surface area (Å²) in [5.41, 5.74) is 10.6. The zero-order chi connectivity index (χ0) is 22.0. The standard InChI is InChI=1S/C23H22N4O4/c1-29-18-11-15(12-19(30-2)21(18)31-3)16-8-5-9-17-20(16)26-23(25-17)14-7-4-6-13(10-14)22(24)27-28/h4-12,28H,1-3H3,(H2,24,27)(H,25,26). The molecule has 4 N–H and O–H groups in total. The van der Waals surface area contributed by atoms with E-state index in [9.17, 15) is 0 Å². The third-order valence-corrected chi connectivity index (χ3v) is 5.03. The van der Waals surface area contributed by atoms with E-state index in [4.69, 9.17) is 30.1 Å². The highest BCUT2D eigenvalue weighted by molar-refractivity contribution is 5.98. The number of para-hydroxylation sites is 1. The van der Waals surface area contributed by atoms with Gasteiger partial charge in [-0.3, -0.25) is 0 Å². The first-order valence-electron chi connectivity index (χ1n) is 9.47. The molecule has 0 saturated heterocycles. The van der Waals surface area contributed by atoms with E-state index in [1.165, 1.54) is 0 Å². The number of aromatic amines is 1. The number of hydrogen-bond donors (Lipinski definition) is 3. The number of rotatable bonds is 6. The first kappa shape index (κ1) is 20.1. The van der Waals surface area contributed by atoms with Crippen LogP contribution in [0.5, 0.6) is 17.2 Å². The van der Waals surface area contributed by atoms with Crippen molar-refractivity contribution in [3.05, 3.63) is 60.2 Å². The number of benzene rings is 3. The quantitative estimate of drug-likeness (QED) is 0.189. The maximum Gasteiger partial charge on any atom is 0.203 e. The van der Waals surface area contributed by atoms with Crippen LogP contribution in [0.3, 0.4) is 0 Å². The molecule has 4 aromatic rings. The van der Waals surface area contributed by atoms with Crippen molar-refractivity contribution in [2.24, 2.45) is 10.9 Å². The maximum atomic E-state index is 8.96. The predicted octanol–water partition coefficient (Wildman–Crippen LogP) is 4.02. The molecule has 0 unspecified atom stereocenters. The fraction of sp³-hybridized carbons (Fsp3) is 0.130. The molecule has 0 aliphatic heterocycles. The Labute approximate surface area is 178 Å². The Hall–Kier alpha value is -4.20. The van der Waals surface area contributed by atoms with Crippen LogP contribution in [0.2, 0.25) is 0 Å². The number of aromatic nitrogens is 2. The molecule has 8 heteroatoms. The normalized spacial score (nSPS) is 11.5. The van der Waals surface area contributed by atoms with Crippen LogP contribution >= 0.6 is 0 Å². The highest BCUT2D eigenvalue weighted by Gasteiger charge is 2.17. The molecule has 0 saturated carbocycles. The number of nitrogens with zero attached hydrogens (tertiary/aromatic N) is 2. The lowest BCUT2D eigenvalue weighted by Crippen LogP contribution is -2.12. The smallest absolute Gasteiger partial charge is 0.203 e. The van der Waals surface area contributed by atoms with Crippen molar-refractivity contribution >= 4 is 16.9 Å². The molecule has 8 nitrogen and oxygen atoms in total. The van der Waals surface area contributed by atoms with Crippen LogP contribution < -0.4 is 19.9 Å². The van der Waals surface area contributed by atoms with Gasteiger partial charge in [0.25, 0.3) is 0 Å². The van der Waals surface area contributed by atoms with E-state index >= 15 is 0 Å². The summed E-state index contributed by atoms with van der Waals surface area (Å²) in [6.07, 6.45) is 0. The fourth-order valence-corrected chi connectivity index (χ4v) is 3.52. The van der Waals surface area contributed by atoms with Gasteiger partial charge in [-0.05, 0) is 29.8 Å². The first-order chi connectivity index (χ1) is 15.1. The van der Waals surface area contributed by atoms with E-state index in [1.54, 1.807) is 27.4 Å². The summed E-state index contributed by atoms with van der Waals surface area (Å²) in [5, 5.41) is 12.0. The minimum atomic E-state index is 0.0380. The molecule has 1 aromatic heterocycles. The molecule has 0 aliphatic rings. The lowest BCUT2D eigenvalue weighted by molar-refractivity contribution is 0.318. The Bertz CT molecular complexity index is 1250. The number of methoxy groups -OCH3 is 3. The third-order valence-electron chi connectivity index (χ3n) is 5.03. The van der Waals surface area contributed by atoms with Gasteiger partial charge in [0.2, 0.25) is 5.75 Å². The largest absolute Gasteiger partial charge is 0.493 e. The second kappa shape index (κ2) is 8.27. The zero-order valence-corrected chi connectivity index (χ0v) is 17.3. The van der Waals surface area contributed by atoms with Gasteiger partial charge in [0.05, 0.1) is 32.4 Å². The fourth-order valence-electron chi connectivity index (χ4n) is 3.52. The molecule has 4 rings (SSSR count). The molecular weight excluding hydrogens is 396 g/mol. The van der Waals surface area contributed by atoms with Crippen molar-refractivity contribution in [2.75, 3.05) is 21.3 Å². The SMILES string of the molecule is COc1cc(-c2cccc3[nH]c(-c4cccc(C(N)=NO)c4)nc23)cc(OC)c1OC. The highest BCUT2D eigenvalue weighted by Crippen LogP contribution is 2.42. The number of amidine groups is 1. The van der Waals surface area contributed by atoms with Crippen LogP contribution in [-0.2, 0) is 0 Å². The van der Waals surface area contributed by atoms with E-state index in [0.717, 1.165) is 27.7 Å². The lowest BCUT2D eigenvalue weighted by atomic mass is 10.0. The molecular formula is C23H22N4O4. The van der Waals surface area contributed by atoms with Crippen molar-refractivity contribution in [2.45, 2.75) is 0 Å². The van der Waals surface area contributed by atoms with E-state index in [2.05, 4.69) is 10.1 Å². The van der Waals surface area contributed by atoms with Gasteiger partial charge < -0.3 is 30.1 Å². The monoisotopic (exact) mass is 418 g/mol. The average molecular weight is 418 g/mol. The Kier molecular flexibility index (Phi) is 5.36. The minimum absolute atomic E-state index is 0.0380. The number of fused-ring (bicyclic) bond motifs is 1. The minimum Gasteiger partial charge on any atom is -0.493 e. The summed E-state index contributed by atoms with van der Waals surface area (Å²) in [4.78, 5) is 8.17. The Morgan fingerprint density at radius 2 is 1.65 bits per heavy atom. The number of nitrogens with one attached hydrogen (secondary N) is 1. The summed E-state index contributed by atoms with van der Waals surface area (Å²) >= 11 is 0. The van der Waals surface area contributed by atoms with E-state index < -0.39 is 0 Å². The molecule has 158 valence electrons. The van der Waals surface area contributed by atoms with Gasteiger partial charge in [-0.25, -0.2) is 4.98 Å². The molecule has 31 heavy (non-hydrogen) atoms. The number of H-pyrrole nitrogens is 1. The molecule has 3 aromatic carbocycles. The Morgan fingerprint density at radius 3 is 2.29 bits per heavy atom. The molecule has 0 radical (unpaired) electrons. The van der Waals surface area contributed by atoms with Crippen molar-refractivity contribution < 1.29 is 19.4 Å². The molecule has 0 bridgehead atoms. The van der Waals surface area contributed by atoms with Gasteiger partial charge in [0.15, 0.2) is 17.3 Å². The van der Waals surface area contributed by atoms with Gasteiger partial charge in [-0.15, -0.1) is 0 Å². The number of oxime groups is 1. The van der Waals surface area contributed by atoms with Crippen LogP contribution in [0.25, 0.3) is 33.5 Å². The Balaban J connectivity index is 1.87. The summed E-state index contributed by atoms with van der Waals surface area (Å²) in [5.74, 6) is 2.37. The van der Waals surface area contributed by atoms with Crippen molar-refractivity contribution in [1.29, 1.82) is 0 Å². The number of imidazole rings is 1. The van der Waals surface area contributed by atoms with Crippen LogP contribution in [0.4, 0.5) is 0 Å². The molecule has 0 fully saturated rings. The van der Waals surface area contributed by atoms with Gasteiger partial charge in [-0.2, -0.15) is 0 Å². The topological polar surface area (TPSA) is 115 Å². The van der Waals surface area contributed by atoms with Crippen LogP contribution in [0.15, 0.2) is 59.8 Å². The van der Waals surface area contributed by atoms with Crippen LogP contribution in [0, 0.1) is 0 Å².